The summed E-state index contributed by atoms with van der Waals surface area (Å²) >= 11 is 8.31. The highest BCUT2D eigenvalue weighted by Crippen LogP contribution is 2.38. The molecule has 0 atom stereocenters. The fourth-order valence-corrected chi connectivity index (χ4v) is 0.548. The summed E-state index contributed by atoms with van der Waals surface area (Å²) in [5.41, 5.74) is 0. The van der Waals surface area contributed by atoms with E-state index in [2.05, 4.69) is 23.2 Å². The third kappa shape index (κ3) is 6.68. The highest BCUT2D eigenvalue weighted by atomic mass is 35.5. The summed E-state index contributed by atoms with van der Waals surface area (Å²) in [7, 11) is 0. The third-order valence-electron chi connectivity index (χ3n) is 0.173. The van der Waals surface area contributed by atoms with Crippen LogP contribution in [0.5, 0.6) is 0 Å². The van der Waals surface area contributed by atoms with Crippen LogP contribution in [-0.2, 0) is 0 Å². The molecule has 0 saturated carbocycles. The molecule has 0 aromatic carbocycles. The van der Waals surface area contributed by atoms with Crippen molar-refractivity contribution in [2.75, 3.05) is 0 Å². The Bertz CT molecular complexity index is 72.2. The van der Waals surface area contributed by atoms with Crippen LogP contribution in [0.4, 0.5) is 13.4 Å². The molecule has 0 aliphatic heterocycles. The van der Waals surface area contributed by atoms with Crippen molar-refractivity contribution in [1.82, 2.24) is 4.75 Å². The second-order valence-corrected chi connectivity index (χ2v) is 3.44. The maximum Gasteiger partial charge on any atom is 0.323 e. The average molecular weight is 186 g/mol. The minimum atomic E-state index is -2.94. The Kier molecular flexibility index (Phi) is 3.26. The normalized spacial score (nSPS) is 12.8. The van der Waals surface area contributed by atoms with Crippen molar-refractivity contribution < 1.29 is 13.4 Å². The fraction of sp³-hybridized carbons (Fsp3) is 1.00. The summed E-state index contributed by atoms with van der Waals surface area (Å²) in [6.07, 6.45) is 0. The van der Waals surface area contributed by atoms with Crippen LogP contribution in [0.25, 0.3) is 0 Å². The first kappa shape index (κ1) is 8.68. The molecule has 0 aliphatic rings. The van der Waals surface area contributed by atoms with Gasteiger partial charge in [0.25, 0.3) is 0 Å². The average Bonchev–Trinajstić information content (AvgIpc) is 1.21. The monoisotopic (exact) mass is 185 g/mol. The quantitative estimate of drug-likeness (QED) is 0.370. The van der Waals surface area contributed by atoms with E-state index in [0.717, 1.165) is 0 Å². The maximum atomic E-state index is 11.6. The molecule has 0 aromatic rings. The minimum absolute atomic E-state index is 0.624. The molecule has 0 saturated heterocycles. The van der Waals surface area contributed by atoms with Crippen molar-refractivity contribution in [2.24, 2.45) is 0 Å². The van der Waals surface area contributed by atoms with Gasteiger partial charge in [0.2, 0.25) is 0 Å². The molecule has 0 amide bonds. The van der Waals surface area contributed by atoms with Crippen LogP contribution in [0.15, 0.2) is 0 Å². The van der Waals surface area contributed by atoms with E-state index in [1.54, 1.807) is 0 Å². The van der Waals surface area contributed by atoms with Gasteiger partial charge in [-0.25, -0.2) is 0 Å². The van der Waals surface area contributed by atoms with Crippen LogP contribution >= 0.6 is 35.1 Å². The lowest BCUT2D eigenvalue weighted by molar-refractivity contribution is -0.0416. The summed E-state index contributed by atoms with van der Waals surface area (Å²) in [6, 6.07) is 0. The van der Waals surface area contributed by atoms with E-state index >= 15 is 0 Å². The van der Waals surface area contributed by atoms with Gasteiger partial charge in [-0.1, -0.05) is 32.2 Å². The van der Waals surface area contributed by atoms with Crippen molar-refractivity contribution in [1.29, 1.82) is 0 Å². The van der Waals surface area contributed by atoms with E-state index in [9.17, 15) is 13.4 Å². The zero-order valence-electron chi connectivity index (χ0n) is 3.25. The standard InChI is InChI=1S/CCl2F3NS/c2-1(3,4)8-7(5)6. The van der Waals surface area contributed by atoms with Gasteiger partial charge in [0.1, 0.15) is 0 Å². The van der Waals surface area contributed by atoms with Crippen LogP contribution in [0.2, 0.25) is 0 Å². The molecule has 50 valence electrons. The first-order valence-electron chi connectivity index (χ1n) is 1.29. The number of hydrogen-bond acceptors (Lipinski definition) is 2. The summed E-state index contributed by atoms with van der Waals surface area (Å²) in [5.74, 6) is 0. The van der Waals surface area contributed by atoms with Gasteiger partial charge in [0, 0.05) is 0 Å². The van der Waals surface area contributed by atoms with Crippen LogP contribution in [-0.4, -0.2) is 8.67 Å². The molecule has 0 unspecified atom stereocenters. The van der Waals surface area contributed by atoms with E-state index in [4.69, 9.17) is 0 Å². The van der Waals surface area contributed by atoms with Gasteiger partial charge in [0.15, 0.2) is 0 Å². The fourth-order valence-electron chi connectivity index (χ4n) is 0.0782. The van der Waals surface area contributed by atoms with E-state index in [-0.39, 0.29) is 0 Å². The molecule has 0 N–H and O–H groups in total. The molecule has 0 fully saturated rings. The Morgan fingerprint density at radius 1 is 1.38 bits per heavy atom. The smallest absolute Gasteiger partial charge is 0.194 e. The zero-order valence-corrected chi connectivity index (χ0v) is 5.57. The van der Waals surface area contributed by atoms with Gasteiger partial charge in [-0.15, -0.1) is 0 Å². The van der Waals surface area contributed by atoms with Crippen molar-refractivity contribution >= 4 is 35.1 Å². The lowest BCUT2D eigenvalue weighted by Crippen LogP contribution is -2.01. The number of alkyl halides is 3. The largest absolute Gasteiger partial charge is 0.323 e. The highest BCUT2D eigenvalue weighted by molar-refractivity contribution is 8.00. The Balaban J connectivity index is 3.39. The van der Waals surface area contributed by atoms with Gasteiger partial charge in [-0.3, -0.25) is 0 Å². The Morgan fingerprint density at radius 2 is 1.75 bits per heavy atom. The topological polar surface area (TPSA) is 3.24 Å². The molecule has 7 heteroatoms. The summed E-state index contributed by atoms with van der Waals surface area (Å²) in [5, 5.41) is 0. The highest BCUT2D eigenvalue weighted by Gasteiger charge is 2.28. The predicted octanol–water partition coefficient (Wildman–Crippen LogP) is 2.76. The van der Waals surface area contributed by atoms with Crippen molar-refractivity contribution in [3.8, 4) is 0 Å². The van der Waals surface area contributed by atoms with Crippen molar-refractivity contribution in [3.05, 3.63) is 0 Å². The maximum absolute atomic E-state index is 11.6. The molecular formula is CCl2F3NS. The third-order valence-corrected chi connectivity index (χ3v) is 0.932. The molecule has 0 bridgehead atoms. The number of halogens is 5. The molecule has 0 radical (unpaired) electrons. The van der Waals surface area contributed by atoms with Crippen LogP contribution in [0.3, 0.4) is 0 Å². The van der Waals surface area contributed by atoms with Gasteiger partial charge in [0.05, 0.1) is 16.7 Å². The Morgan fingerprint density at radius 3 is 1.75 bits per heavy atom. The van der Waals surface area contributed by atoms with Crippen molar-refractivity contribution in [2.45, 2.75) is 3.92 Å². The zero-order chi connectivity index (χ0) is 6.78. The first-order chi connectivity index (χ1) is 3.42. The van der Waals surface area contributed by atoms with E-state index in [1.807, 2.05) is 0 Å². The summed E-state index contributed by atoms with van der Waals surface area (Å²) < 4.78 is 29.0. The first-order valence-corrected chi connectivity index (χ1v) is 2.82. The lowest BCUT2D eigenvalue weighted by atomic mass is 11.7. The molecular weight excluding hydrogens is 186 g/mol. The Hall–Kier alpha value is 0.680. The lowest BCUT2D eigenvalue weighted by Gasteiger charge is -2.04. The van der Waals surface area contributed by atoms with E-state index in [1.165, 1.54) is 0 Å². The SMILES string of the molecule is FN(F)SC(F)(Cl)Cl. The summed E-state index contributed by atoms with van der Waals surface area (Å²) in [6.45, 7) is 0. The van der Waals surface area contributed by atoms with Crippen LogP contribution < -0.4 is 0 Å². The van der Waals surface area contributed by atoms with Gasteiger partial charge in [-0.05, 0) is 0 Å². The molecule has 0 spiro atoms. The van der Waals surface area contributed by atoms with Gasteiger partial charge in [-0.2, -0.15) is 4.39 Å². The second kappa shape index (κ2) is 3.00. The van der Waals surface area contributed by atoms with Gasteiger partial charge < -0.3 is 0 Å². The molecule has 0 aromatic heterocycles. The summed E-state index contributed by atoms with van der Waals surface area (Å²) in [4.78, 5) is 0. The Labute approximate surface area is 57.7 Å². The molecule has 0 heterocycles. The van der Waals surface area contributed by atoms with Crippen molar-refractivity contribution in [3.63, 3.8) is 0 Å². The molecule has 0 aliphatic carbocycles. The number of rotatable bonds is 2. The number of nitrogens with zero attached hydrogens (tertiary/aromatic N) is 1. The molecule has 1 nitrogen and oxygen atoms in total. The predicted molar refractivity (Wildman–Crippen MR) is 27.2 cm³/mol. The van der Waals surface area contributed by atoms with Gasteiger partial charge >= 0.3 is 3.92 Å². The van der Waals surface area contributed by atoms with E-state index < -0.39 is 20.6 Å². The van der Waals surface area contributed by atoms with Crippen LogP contribution in [0.1, 0.15) is 0 Å². The van der Waals surface area contributed by atoms with Crippen LogP contribution in [0, 0.1) is 0 Å². The van der Waals surface area contributed by atoms with E-state index in [0.29, 0.717) is 0 Å². The number of hydrogen-bond donors (Lipinski definition) is 0. The molecule has 0 rings (SSSR count). The minimum Gasteiger partial charge on any atom is -0.194 e. The molecule has 8 heavy (non-hydrogen) atoms. The second-order valence-electron chi connectivity index (χ2n) is 0.739.